The monoisotopic (exact) mass is 338 g/mol. The van der Waals surface area contributed by atoms with E-state index in [-0.39, 0.29) is 33.6 Å². The van der Waals surface area contributed by atoms with E-state index in [0.29, 0.717) is 0 Å². The molecule has 0 amide bonds. The maximum Gasteiger partial charge on any atom is 0.406 e. The van der Waals surface area contributed by atoms with Gasteiger partial charge in [-0.25, -0.2) is 0 Å². The van der Waals surface area contributed by atoms with Crippen LogP contribution in [0.1, 0.15) is 32.6 Å². The van der Waals surface area contributed by atoms with Gasteiger partial charge < -0.3 is 0 Å². The Bertz CT molecular complexity index is 909. The Kier molecular flexibility index (Phi) is 3.32. The number of hydrogen-bond acceptors (Lipinski definition) is 1. The molecule has 1 nitrogen and oxygen atoms in total. The molecule has 0 fully saturated rings. The summed E-state index contributed by atoms with van der Waals surface area (Å²) in [5.74, 6) is -0.373. The lowest BCUT2D eigenvalue weighted by atomic mass is 9.62. The van der Waals surface area contributed by atoms with Crippen molar-refractivity contribution in [2.45, 2.75) is 11.6 Å². The number of alkyl halides is 3. The van der Waals surface area contributed by atoms with E-state index < -0.39 is 11.6 Å². The summed E-state index contributed by atoms with van der Waals surface area (Å²) >= 11 is 0. The van der Waals surface area contributed by atoms with Gasteiger partial charge in [0.2, 0.25) is 0 Å². The van der Waals surface area contributed by atoms with Crippen LogP contribution in [0.25, 0.3) is 0 Å². The van der Waals surface area contributed by atoms with E-state index in [2.05, 4.69) is 0 Å². The van der Waals surface area contributed by atoms with Crippen molar-refractivity contribution in [3.05, 3.63) is 107 Å². The summed E-state index contributed by atoms with van der Waals surface area (Å²) in [4.78, 5) is 12.8. The molecule has 0 saturated heterocycles. The first-order valence-electron chi connectivity index (χ1n) is 7.84. The maximum atomic E-state index is 14.7. The number of benzene rings is 3. The van der Waals surface area contributed by atoms with E-state index in [1.54, 1.807) is 42.5 Å². The molecule has 0 saturated carbocycles. The van der Waals surface area contributed by atoms with Gasteiger partial charge in [0.1, 0.15) is 5.41 Å². The molecule has 0 aromatic heterocycles. The maximum absolute atomic E-state index is 14.7. The van der Waals surface area contributed by atoms with Crippen LogP contribution in [-0.4, -0.2) is 12.0 Å². The van der Waals surface area contributed by atoms with Crippen LogP contribution in [0.2, 0.25) is 0 Å². The van der Waals surface area contributed by atoms with Gasteiger partial charge in [0.25, 0.3) is 0 Å². The van der Waals surface area contributed by atoms with Crippen molar-refractivity contribution < 1.29 is 18.0 Å². The molecule has 0 spiro atoms. The lowest BCUT2D eigenvalue weighted by molar-refractivity contribution is -0.166. The van der Waals surface area contributed by atoms with Crippen molar-refractivity contribution in [1.29, 1.82) is 0 Å². The second-order valence-corrected chi connectivity index (χ2v) is 6.03. The van der Waals surface area contributed by atoms with E-state index >= 15 is 0 Å². The third-order valence-corrected chi connectivity index (χ3v) is 4.78. The van der Waals surface area contributed by atoms with Gasteiger partial charge in [0.05, 0.1) is 0 Å². The van der Waals surface area contributed by atoms with Crippen molar-refractivity contribution in [2.24, 2.45) is 0 Å². The molecule has 1 aliphatic carbocycles. The molecule has 0 radical (unpaired) electrons. The van der Waals surface area contributed by atoms with E-state index in [1.807, 2.05) is 0 Å². The minimum Gasteiger partial charge on any atom is -0.289 e. The zero-order valence-corrected chi connectivity index (χ0v) is 13.0. The summed E-state index contributed by atoms with van der Waals surface area (Å²) in [6.45, 7) is 0. The first-order chi connectivity index (χ1) is 12.0. The molecule has 0 unspecified atom stereocenters. The number of hydrogen-bond donors (Lipinski definition) is 0. The number of rotatable bonds is 1. The average Bonchev–Trinajstić information content (AvgIpc) is 2.62. The number of carbonyl (C=O) groups is 1. The summed E-state index contributed by atoms with van der Waals surface area (Å²) in [5.41, 5.74) is -2.09. The Morgan fingerprint density at radius 2 is 1.08 bits per heavy atom. The predicted molar refractivity (Wildman–Crippen MR) is 88.7 cm³/mol. The number of carbonyl (C=O) groups excluding carboxylic acids is 1. The van der Waals surface area contributed by atoms with E-state index in [9.17, 15) is 18.0 Å². The predicted octanol–water partition coefficient (Wildman–Crippen LogP) is 5.13. The van der Waals surface area contributed by atoms with E-state index in [4.69, 9.17) is 0 Å². The Labute approximate surface area is 142 Å². The Morgan fingerprint density at radius 3 is 1.56 bits per heavy atom. The molecule has 0 atom stereocenters. The largest absolute Gasteiger partial charge is 0.406 e. The van der Waals surface area contributed by atoms with Crippen LogP contribution in [0.3, 0.4) is 0 Å². The number of ketones is 1. The number of fused-ring (bicyclic) bond motifs is 2. The highest BCUT2D eigenvalue weighted by Crippen LogP contribution is 2.55. The molecule has 124 valence electrons. The van der Waals surface area contributed by atoms with Crippen molar-refractivity contribution >= 4 is 5.78 Å². The van der Waals surface area contributed by atoms with Crippen molar-refractivity contribution in [3.63, 3.8) is 0 Å². The molecule has 4 heteroatoms. The summed E-state index contributed by atoms with van der Waals surface area (Å²) in [5, 5.41) is 0. The van der Waals surface area contributed by atoms with Gasteiger partial charge in [-0.15, -0.1) is 0 Å². The van der Waals surface area contributed by atoms with Crippen LogP contribution in [-0.2, 0) is 5.41 Å². The molecule has 0 heterocycles. The van der Waals surface area contributed by atoms with Gasteiger partial charge in [0, 0.05) is 11.1 Å². The quantitative estimate of drug-likeness (QED) is 0.601. The standard InChI is InChI=1S/C21H13F3O/c22-21(23,24)20(14-8-2-1-3-9-14)17-12-6-4-10-15(17)19(25)16-11-5-7-13-18(16)20/h1-13H. The summed E-state index contributed by atoms with van der Waals surface area (Å²) < 4.78 is 44.0. The van der Waals surface area contributed by atoms with Crippen LogP contribution in [0, 0.1) is 0 Å². The molecular formula is C21H13F3O. The van der Waals surface area contributed by atoms with Crippen LogP contribution >= 0.6 is 0 Å². The zero-order chi connectivity index (χ0) is 17.7. The first-order valence-corrected chi connectivity index (χ1v) is 7.84. The summed E-state index contributed by atoms with van der Waals surface area (Å²) in [6, 6.07) is 19.8. The number of halogens is 3. The smallest absolute Gasteiger partial charge is 0.289 e. The molecular weight excluding hydrogens is 325 g/mol. The normalized spacial score (nSPS) is 15.4. The lowest BCUT2D eigenvalue weighted by Gasteiger charge is -2.42. The fourth-order valence-electron chi connectivity index (χ4n) is 3.77. The van der Waals surface area contributed by atoms with Crippen LogP contribution in [0.15, 0.2) is 78.9 Å². The highest BCUT2D eigenvalue weighted by molar-refractivity contribution is 6.13. The molecule has 0 aliphatic heterocycles. The highest BCUT2D eigenvalue weighted by Gasteiger charge is 2.61. The van der Waals surface area contributed by atoms with Gasteiger partial charge in [-0.05, 0) is 16.7 Å². The molecule has 1 aliphatic rings. The van der Waals surface area contributed by atoms with Crippen LogP contribution < -0.4 is 0 Å². The molecule has 3 aromatic carbocycles. The Balaban J connectivity index is 2.22. The minimum absolute atomic E-state index is 0.0163. The molecule has 25 heavy (non-hydrogen) atoms. The van der Waals surface area contributed by atoms with Gasteiger partial charge in [-0.3, -0.25) is 4.79 Å². The highest BCUT2D eigenvalue weighted by atomic mass is 19.4. The van der Waals surface area contributed by atoms with Crippen LogP contribution in [0.4, 0.5) is 13.2 Å². The van der Waals surface area contributed by atoms with E-state index in [0.717, 1.165) is 0 Å². The minimum atomic E-state index is -4.61. The Morgan fingerprint density at radius 1 is 0.640 bits per heavy atom. The fourth-order valence-corrected chi connectivity index (χ4v) is 3.77. The van der Waals surface area contributed by atoms with Gasteiger partial charge >= 0.3 is 6.18 Å². The SMILES string of the molecule is O=C1c2ccccc2C(c2ccccc2)(C(F)(F)F)c2ccccc21. The molecule has 3 aromatic rings. The third-order valence-electron chi connectivity index (χ3n) is 4.78. The average molecular weight is 338 g/mol. The molecule has 0 bridgehead atoms. The molecule has 0 N–H and O–H groups in total. The Hall–Kier alpha value is -2.88. The van der Waals surface area contributed by atoms with E-state index in [1.165, 1.54) is 36.4 Å². The fraction of sp³-hybridized carbons (Fsp3) is 0.0952. The van der Waals surface area contributed by atoms with Gasteiger partial charge in [-0.2, -0.15) is 13.2 Å². The van der Waals surface area contributed by atoms with Crippen molar-refractivity contribution in [3.8, 4) is 0 Å². The van der Waals surface area contributed by atoms with Crippen LogP contribution in [0.5, 0.6) is 0 Å². The summed E-state index contributed by atoms with van der Waals surface area (Å²) in [6.07, 6.45) is -4.61. The summed E-state index contributed by atoms with van der Waals surface area (Å²) in [7, 11) is 0. The molecule has 4 rings (SSSR count). The second kappa shape index (κ2) is 5.31. The zero-order valence-electron chi connectivity index (χ0n) is 13.0. The second-order valence-electron chi connectivity index (χ2n) is 6.03. The van der Waals surface area contributed by atoms with Gasteiger partial charge in [-0.1, -0.05) is 78.9 Å². The first kappa shape index (κ1) is 15.6. The lowest BCUT2D eigenvalue weighted by Crippen LogP contribution is -2.48. The van der Waals surface area contributed by atoms with Gasteiger partial charge in [0.15, 0.2) is 5.78 Å². The topological polar surface area (TPSA) is 17.1 Å². The van der Waals surface area contributed by atoms with Crippen molar-refractivity contribution in [1.82, 2.24) is 0 Å². The van der Waals surface area contributed by atoms with Crippen molar-refractivity contribution in [2.75, 3.05) is 0 Å². The third kappa shape index (κ3) is 2.00.